The Hall–Kier alpha value is -2.48. The van der Waals surface area contributed by atoms with Gasteiger partial charge in [0.2, 0.25) is 0 Å². The molecule has 0 aromatic heterocycles. The highest BCUT2D eigenvalue weighted by Crippen LogP contribution is 2.23. The molecule has 0 N–H and O–H groups in total. The Labute approximate surface area is 153 Å². The summed E-state index contributed by atoms with van der Waals surface area (Å²) in [6.45, 7) is 0.860. The molecule has 1 heterocycles. The topological polar surface area (TPSA) is 9.23 Å². The lowest BCUT2D eigenvalue weighted by Gasteiger charge is -1.93. The van der Waals surface area contributed by atoms with Gasteiger partial charge in [-0.1, -0.05) is 78.9 Å². The number of fused-ring (bicyclic) bond motifs is 2. The second-order valence-corrected chi connectivity index (χ2v) is 5.98. The quantitative estimate of drug-likeness (QED) is 0.522. The number of benzene rings is 3. The number of aryl methyl sites for hydroxylation is 2. The van der Waals surface area contributed by atoms with E-state index in [1.54, 1.807) is 11.1 Å². The molecule has 2 aliphatic rings. The number of para-hydroxylation sites is 1. The molecule has 1 nitrogen and oxygen atoms in total. The lowest BCUT2D eigenvalue weighted by atomic mass is 10.1. The predicted octanol–water partition coefficient (Wildman–Crippen LogP) is 5.10. The fraction of sp³-hybridized carbons (Fsp3) is 0.217. The van der Waals surface area contributed by atoms with Gasteiger partial charge >= 0.3 is 0 Å². The molecule has 3 aromatic carbocycles. The molecular weight excluding hydrogens is 303 g/mol. The Kier molecular flexibility index (Phi) is 7.85. The lowest BCUT2D eigenvalue weighted by Crippen LogP contribution is -1.85. The Morgan fingerprint density at radius 2 is 1.00 bits per heavy atom. The molecule has 3 radical (unpaired) electrons. The van der Waals surface area contributed by atoms with Crippen LogP contribution in [0.2, 0.25) is 0 Å². The van der Waals surface area contributed by atoms with Gasteiger partial charge in [-0.3, -0.25) is 0 Å². The molecule has 125 valence electrons. The molecule has 25 heavy (non-hydrogen) atoms. The molecule has 5 rings (SSSR count). The summed E-state index contributed by atoms with van der Waals surface area (Å²) < 4.78 is 5.30. The van der Waals surface area contributed by atoms with Crippen molar-refractivity contribution in [1.29, 1.82) is 0 Å². The summed E-state index contributed by atoms with van der Waals surface area (Å²) in [5, 5.41) is 0. The summed E-state index contributed by atoms with van der Waals surface area (Å²) in [5.41, 5.74) is 4.48. The van der Waals surface area contributed by atoms with E-state index >= 15 is 0 Å². The maximum Gasteiger partial charge on any atom is 0.122 e. The second-order valence-electron chi connectivity index (χ2n) is 5.98. The van der Waals surface area contributed by atoms with Gasteiger partial charge in [0, 0.05) is 14.8 Å². The smallest absolute Gasteiger partial charge is 0.122 e. The third-order valence-corrected chi connectivity index (χ3v) is 4.28. The van der Waals surface area contributed by atoms with Gasteiger partial charge in [-0.2, -0.15) is 0 Å². The van der Waals surface area contributed by atoms with Gasteiger partial charge < -0.3 is 4.74 Å². The Morgan fingerprint density at radius 3 is 1.52 bits per heavy atom. The molecule has 0 saturated heterocycles. The molecule has 0 spiro atoms. The molecule has 0 bridgehead atoms. The van der Waals surface area contributed by atoms with Crippen LogP contribution in [0.4, 0.5) is 0 Å². The van der Waals surface area contributed by atoms with Crippen molar-refractivity contribution in [3.05, 3.63) is 102 Å². The van der Waals surface area contributed by atoms with Crippen molar-refractivity contribution in [3.8, 4) is 5.75 Å². The van der Waals surface area contributed by atoms with E-state index in [0.29, 0.717) is 0 Å². The summed E-state index contributed by atoms with van der Waals surface area (Å²) in [4.78, 5) is 0. The summed E-state index contributed by atoms with van der Waals surface area (Å²) in [7, 11) is 0. The van der Waals surface area contributed by atoms with E-state index in [9.17, 15) is 0 Å². The molecule has 0 saturated carbocycles. The van der Waals surface area contributed by atoms with Crippen molar-refractivity contribution >= 4 is 8.41 Å². The molecular formula is C23H24BO. The Bertz CT molecular complexity index is 618. The summed E-state index contributed by atoms with van der Waals surface area (Å²) in [5.74, 6) is 1.07. The van der Waals surface area contributed by atoms with E-state index in [1.165, 1.54) is 24.8 Å². The average molecular weight is 327 g/mol. The van der Waals surface area contributed by atoms with E-state index in [1.807, 2.05) is 54.6 Å². The number of ether oxygens (including phenoxy) is 1. The highest BCUT2D eigenvalue weighted by molar-refractivity contribution is 5.75. The number of hydrogen-bond donors (Lipinski definition) is 0. The summed E-state index contributed by atoms with van der Waals surface area (Å²) >= 11 is 0. The lowest BCUT2D eigenvalue weighted by molar-refractivity contribution is 0.357. The fourth-order valence-corrected chi connectivity index (χ4v) is 3.02. The van der Waals surface area contributed by atoms with Gasteiger partial charge in [-0.05, 0) is 42.0 Å². The van der Waals surface area contributed by atoms with E-state index in [0.717, 1.165) is 18.8 Å². The predicted molar refractivity (Wildman–Crippen MR) is 106 cm³/mol. The summed E-state index contributed by atoms with van der Waals surface area (Å²) in [6.07, 6.45) is 5.04. The maximum atomic E-state index is 5.30. The second kappa shape index (κ2) is 10.4. The zero-order chi connectivity index (χ0) is 16.5. The fourth-order valence-electron chi connectivity index (χ4n) is 3.02. The van der Waals surface area contributed by atoms with E-state index in [4.69, 9.17) is 4.74 Å². The van der Waals surface area contributed by atoms with Crippen molar-refractivity contribution < 1.29 is 4.74 Å². The van der Waals surface area contributed by atoms with Crippen molar-refractivity contribution in [2.45, 2.75) is 25.7 Å². The Balaban J connectivity index is 0.000000136. The standard InChI is InChI=1S/C9H10.C8H8O.C6H6.B/c1-2-5-9-7-3-6-8(9)4-1;1-2-4-8-7(3-1)5-6-9-8;1-2-4-6-5-3-1;/h1-2,4-5H,3,6-7H2;1-4H,5-6H2;1-6H;. The van der Waals surface area contributed by atoms with E-state index in [-0.39, 0.29) is 8.41 Å². The molecule has 1 aliphatic carbocycles. The summed E-state index contributed by atoms with van der Waals surface area (Å²) in [6, 6.07) is 28.9. The van der Waals surface area contributed by atoms with Gasteiger partial charge in [-0.15, -0.1) is 0 Å². The molecule has 0 amide bonds. The first kappa shape index (κ1) is 18.9. The minimum atomic E-state index is 0. The van der Waals surface area contributed by atoms with Crippen LogP contribution in [0.5, 0.6) is 5.75 Å². The molecule has 0 unspecified atom stereocenters. The zero-order valence-electron chi connectivity index (χ0n) is 14.6. The third-order valence-electron chi connectivity index (χ3n) is 4.28. The SMILES string of the molecule is [B].c1ccc2c(c1)CCC2.c1ccc2c(c1)CCO2.c1ccccc1. The van der Waals surface area contributed by atoms with Gasteiger partial charge in [0.1, 0.15) is 5.75 Å². The first-order chi connectivity index (χ1) is 11.9. The monoisotopic (exact) mass is 327 g/mol. The van der Waals surface area contributed by atoms with Crippen molar-refractivity contribution in [1.82, 2.24) is 0 Å². The van der Waals surface area contributed by atoms with Crippen molar-refractivity contribution in [3.63, 3.8) is 0 Å². The van der Waals surface area contributed by atoms with Gasteiger partial charge in [0.05, 0.1) is 6.61 Å². The Morgan fingerprint density at radius 1 is 0.520 bits per heavy atom. The average Bonchev–Trinajstić information content (AvgIpc) is 3.33. The first-order valence-corrected chi connectivity index (χ1v) is 8.71. The largest absolute Gasteiger partial charge is 0.493 e. The van der Waals surface area contributed by atoms with Crippen LogP contribution in [-0.2, 0) is 19.3 Å². The van der Waals surface area contributed by atoms with E-state index < -0.39 is 0 Å². The minimum Gasteiger partial charge on any atom is -0.493 e. The third kappa shape index (κ3) is 5.83. The highest BCUT2D eigenvalue weighted by Gasteiger charge is 2.08. The molecule has 0 fully saturated rings. The van der Waals surface area contributed by atoms with Gasteiger partial charge in [0.15, 0.2) is 0 Å². The van der Waals surface area contributed by atoms with Crippen LogP contribution in [0.25, 0.3) is 0 Å². The minimum absolute atomic E-state index is 0. The van der Waals surface area contributed by atoms with Gasteiger partial charge in [-0.25, -0.2) is 0 Å². The normalized spacial score (nSPS) is 12.8. The zero-order valence-corrected chi connectivity index (χ0v) is 14.6. The molecule has 2 heteroatoms. The maximum absolute atomic E-state index is 5.30. The number of hydrogen-bond acceptors (Lipinski definition) is 1. The number of rotatable bonds is 0. The highest BCUT2D eigenvalue weighted by atomic mass is 16.5. The van der Waals surface area contributed by atoms with Crippen LogP contribution < -0.4 is 4.74 Å². The molecule has 0 atom stereocenters. The van der Waals surface area contributed by atoms with Crippen LogP contribution in [0, 0.1) is 0 Å². The van der Waals surface area contributed by atoms with Crippen LogP contribution in [0.3, 0.4) is 0 Å². The van der Waals surface area contributed by atoms with E-state index in [2.05, 4.69) is 30.3 Å². The molecule has 1 aliphatic heterocycles. The van der Waals surface area contributed by atoms with Crippen LogP contribution in [0.1, 0.15) is 23.1 Å². The van der Waals surface area contributed by atoms with Crippen molar-refractivity contribution in [2.75, 3.05) is 6.61 Å². The molecule has 3 aromatic rings. The van der Waals surface area contributed by atoms with Gasteiger partial charge in [0.25, 0.3) is 0 Å². The van der Waals surface area contributed by atoms with Crippen LogP contribution >= 0.6 is 0 Å². The van der Waals surface area contributed by atoms with Crippen LogP contribution in [-0.4, -0.2) is 15.0 Å². The first-order valence-electron chi connectivity index (χ1n) is 8.71. The van der Waals surface area contributed by atoms with Crippen LogP contribution in [0.15, 0.2) is 84.9 Å². The van der Waals surface area contributed by atoms with Crippen molar-refractivity contribution in [2.24, 2.45) is 0 Å².